The first-order chi connectivity index (χ1) is 13.0. The lowest BCUT2D eigenvalue weighted by Gasteiger charge is -2.25. The summed E-state index contributed by atoms with van der Waals surface area (Å²) in [6.07, 6.45) is 2.96. The number of aryl methyl sites for hydroxylation is 1. The van der Waals surface area contributed by atoms with Crippen LogP contribution >= 0.6 is 22.9 Å². The summed E-state index contributed by atoms with van der Waals surface area (Å²) >= 11 is 7.44. The summed E-state index contributed by atoms with van der Waals surface area (Å²) < 4.78 is 1.95. The zero-order valence-electron chi connectivity index (χ0n) is 15.1. The lowest BCUT2D eigenvalue weighted by Crippen LogP contribution is -2.38. The summed E-state index contributed by atoms with van der Waals surface area (Å²) in [6, 6.07) is 9.82. The molecule has 1 amide bonds. The van der Waals surface area contributed by atoms with Gasteiger partial charge in [-0.25, -0.2) is 0 Å². The largest absolute Gasteiger partial charge is 0.393 e. The zero-order chi connectivity index (χ0) is 19.0. The maximum Gasteiger partial charge on any atom is 0.261 e. The number of aliphatic hydroxyl groups excluding tert-OH is 1. The molecule has 1 aromatic carbocycles. The van der Waals surface area contributed by atoms with Crippen LogP contribution in [0.25, 0.3) is 10.2 Å². The van der Waals surface area contributed by atoms with Crippen LogP contribution in [-0.2, 0) is 6.54 Å². The van der Waals surface area contributed by atoms with Gasteiger partial charge in [-0.05, 0) is 56.4 Å². The second kappa shape index (κ2) is 7.62. The minimum atomic E-state index is -0.219. The highest BCUT2D eigenvalue weighted by atomic mass is 35.5. The maximum atomic E-state index is 12.7. The lowest BCUT2D eigenvalue weighted by molar-refractivity contribution is 0.0871. The number of aliphatic hydroxyl groups is 1. The van der Waals surface area contributed by atoms with E-state index in [9.17, 15) is 9.90 Å². The van der Waals surface area contributed by atoms with Crippen molar-refractivity contribution in [3.63, 3.8) is 0 Å². The molecule has 0 saturated heterocycles. The van der Waals surface area contributed by atoms with Crippen LogP contribution in [0.3, 0.4) is 0 Å². The molecule has 1 aliphatic rings. The normalized spacial score (nSPS) is 20.1. The molecule has 1 saturated carbocycles. The molecular weight excluding hydrogens is 382 g/mol. The monoisotopic (exact) mass is 403 g/mol. The Bertz CT molecular complexity index is 956. The molecule has 5 nitrogen and oxygen atoms in total. The maximum absolute atomic E-state index is 12.7. The van der Waals surface area contributed by atoms with Gasteiger partial charge in [-0.3, -0.25) is 9.48 Å². The molecule has 2 aromatic heterocycles. The number of rotatable bonds is 4. The second-order valence-electron chi connectivity index (χ2n) is 7.18. The topological polar surface area (TPSA) is 67.2 Å². The first-order valence-electron chi connectivity index (χ1n) is 9.20. The number of halogens is 1. The minimum absolute atomic E-state index is 0.0324. The average molecular weight is 404 g/mol. The number of hydrogen-bond donors (Lipinski definition) is 2. The van der Waals surface area contributed by atoms with Crippen LogP contribution < -0.4 is 5.32 Å². The van der Waals surface area contributed by atoms with Crippen LogP contribution in [0.5, 0.6) is 0 Å². The van der Waals surface area contributed by atoms with E-state index in [2.05, 4.69) is 10.4 Å². The molecule has 0 spiro atoms. The van der Waals surface area contributed by atoms with Crippen molar-refractivity contribution in [3.8, 4) is 0 Å². The van der Waals surface area contributed by atoms with E-state index < -0.39 is 0 Å². The van der Waals surface area contributed by atoms with Crippen LogP contribution in [0, 0.1) is 6.92 Å². The molecule has 1 fully saturated rings. The van der Waals surface area contributed by atoms with Gasteiger partial charge in [0, 0.05) is 16.5 Å². The number of aromatic nitrogens is 2. The van der Waals surface area contributed by atoms with Crippen molar-refractivity contribution in [2.75, 3.05) is 0 Å². The number of amides is 1. The molecule has 0 atom stereocenters. The number of carbonyl (C=O) groups is 1. The van der Waals surface area contributed by atoms with Crippen LogP contribution in [0.4, 0.5) is 0 Å². The van der Waals surface area contributed by atoms with E-state index in [1.807, 2.05) is 41.9 Å². The number of hydrogen-bond acceptors (Lipinski definition) is 4. The Hall–Kier alpha value is -1.89. The number of carbonyl (C=O) groups excluding carboxylic acids is 1. The van der Waals surface area contributed by atoms with E-state index in [0.717, 1.165) is 47.2 Å². The molecule has 4 rings (SSSR count). The molecule has 0 aliphatic heterocycles. The highest BCUT2D eigenvalue weighted by Gasteiger charge is 2.23. The van der Waals surface area contributed by atoms with Gasteiger partial charge in [-0.1, -0.05) is 23.7 Å². The van der Waals surface area contributed by atoms with Gasteiger partial charge >= 0.3 is 0 Å². The zero-order valence-corrected chi connectivity index (χ0v) is 16.7. The fourth-order valence-corrected chi connectivity index (χ4v) is 4.76. The van der Waals surface area contributed by atoms with Crippen LogP contribution in [0.1, 0.15) is 46.6 Å². The minimum Gasteiger partial charge on any atom is -0.393 e. The lowest BCUT2D eigenvalue weighted by atomic mass is 9.93. The fourth-order valence-electron chi connectivity index (χ4n) is 3.57. The van der Waals surface area contributed by atoms with Gasteiger partial charge in [-0.15, -0.1) is 11.3 Å². The van der Waals surface area contributed by atoms with Crippen molar-refractivity contribution < 1.29 is 9.90 Å². The van der Waals surface area contributed by atoms with Crippen LogP contribution in [0.2, 0.25) is 5.02 Å². The number of benzene rings is 1. The molecule has 7 heteroatoms. The molecular formula is C20H22ClN3O2S. The summed E-state index contributed by atoms with van der Waals surface area (Å²) in [7, 11) is 0. The predicted molar refractivity (Wildman–Crippen MR) is 109 cm³/mol. The van der Waals surface area contributed by atoms with Gasteiger partial charge in [0.15, 0.2) is 0 Å². The summed E-state index contributed by atoms with van der Waals surface area (Å²) in [6.45, 7) is 2.61. The van der Waals surface area contributed by atoms with E-state index >= 15 is 0 Å². The summed E-state index contributed by atoms with van der Waals surface area (Å²) in [5, 5.41) is 19.1. The van der Waals surface area contributed by atoms with Crippen molar-refractivity contribution >= 4 is 39.1 Å². The fraction of sp³-hybridized carbons (Fsp3) is 0.400. The van der Waals surface area contributed by atoms with Crippen molar-refractivity contribution in [1.29, 1.82) is 0 Å². The summed E-state index contributed by atoms with van der Waals surface area (Å²) in [4.78, 5) is 14.4. The van der Waals surface area contributed by atoms with Gasteiger partial charge < -0.3 is 10.4 Å². The van der Waals surface area contributed by atoms with E-state index in [1.165, 1.54) is 11.3 Å². The molecule has 27 heavy (non-hydrogen) atoms. The highest BCUT2D eigenvalue weighted by molar-refractivity contribution is 7.20. The number of nitrogens with one attached hydrogen (secondary N) is 1. The second-order valence-corrected chi connectivity index (χ2v) is 8.64. The van der Waals surface area contributed by atoms with E-state index in [4.69, 9.17) is 11.6 Å². The Labute approximate surface area is 167 Å². The molecule has 2 N–H and O–H groups in total. The van der Waals surface area contributed by atoms with Crippen LogP contribution in [0.15, 0.2) is 30.3 Å². The van der Waals surface area contributed by atoms with Gasteiger partial charge in [0.1, 0.15) is 4.83 Å². The van der Waals surface area contributed by atoms with Crippen molar-refractivity contribution in [2.24, 2.45) is 0 Å². The quantitative estimate of drug-likeness (QED) is 0.687. The van der Waals surface area contributed by atoms with E-state index in [1.54, 1.807) is 0 Å². The number of thiophene rings is 1. The van der Waals surface area contributed by atoms with Crippen molar-refractivity contribution in [2.45, 2.75) is 51.3 Å². The standard InChI is InChI=1S/C20H22ClN3O2S/c1-12-17-10-18(19(26)22-15-6-8-16(25)9-7-15)27-20(17)24(23-12)11-13-2-4-14(21)5-3-13/h2-5,10,15-16,25H,6-9,11H2,1H3,(H,22,26). The van der Waals surface area contributed by atoms with Gasteiger partial charge in [0.05, 0.1) is 23.2 Å². The highest BCUT2D eigenvalue weighted by Crippen LogP contribution is 2.29. The third-order valence-corrected chi connectivity index (χ3v) is 6.51. The SMILES string of the molecule is Cc1nn(Cc2ccc(Cl)cc2)c2sc(C(=O)NC3CCC(O)CC3)cc12. The number of nitrogens with zero attached hydrogens (tertiary/aromatic N) is 2. The van der Waals surface area contributed by atoms with Gasteiger partial charge in [-0.2, -0.15) is 5.10 Å². The smallest absolute Gasteiger partial charge is 0.261 e. The first-order valence-corrected chi connectivity index (χ1v) is 10.4. The Morgan fingerprint density at radius 2 is 2.00 bits per heavy atom. The Morgan fingerprint density at radius 1 is 1.30 bits per heavy atom. The molecule has 0 radical (unpaired) electrons. The molecule has 142 valence electrons. The predicted octanol–water partition coefficient (Wildman–Crippen LogP) is 4.14. The van der Waals surface area contributed by atoms with Gasteiger partial charge in [0.2, 0.25) is 0 Å². The third-order valence-electron chi connectivity index (χ3n) is 5.11. The summed E-state index contributed by atoms with van der Waals surface area (Å²) in [5.74, 6) is -0.0324. The Kier molecular flexibility index (Phi) is 5.21. The molecule has 0 unspecified atom stereocenters. The number of fused-ring (bicyclic) bond motifs is 1. The molecule has 0 bridgehead atoms. The van der Waals surface area contributed by atoms with Crippen molar-refractivity contribution in [1.82, 2.24) is 15.1 Å². The first kappa shape index (κ1) is 18.5. The Balaban J connectivity index is 1.53. The molecule has 3 aromatic rings. The van der Waals surface area contributed by atoms with Crippen molar-refractivity contribution in [3.05, 3.63) is 51.5 Å². The van der Waals surface area contributed by atoms with E-state index in [0.29, 0.717) is 16.4 Å². The summed E-state index contributed by atoms with van der Waals surface area (Å²) in [5.41, 5.74) is 2.04. The molecule has 1 aliphatic carbocycles. The average Bonchev–Trinajstić information content (AvgIpc) is 3.21. The van der Waals surface area contributed by atoms with E-state index in [-0.39, 0.29) is 18.1 Å². The molecule has 2 heterocycles. The van der Waals surface area contributed by atoms with Crippen LogP contribution in [-0.4, -0.2) is 32.9 Å². The third kappa shape index (κ3) is 4.03. The Morgan fingerprint density at radius 3 is 2.70 bits per heavy atom. The van der Waals surface area contributed by atoms with Gasteiger partial charge in [0.25, 0.3) is 5.91 Å².